The van der Waals surface area contributed by atoms with Crippen LogP contribution in [-0.4, -0.2) is 5.78 Å². The maximum absolute atomic E-state index is 13.0. The molecule has 0 spiro atoms. The maximum atomic E-state index is 13.0. The molecule has 1 aliphatic rings. The highest BCUT2D eigenvalue weighted by atomic mass is 19.1. The molecule has 1 nitrogen and oxygen atoms in total. The van der Waals surface area contributed by atoms with E-state index in [4.69, 9.17) is 0 Å². The van der Waals surface area contributed by atoms with Crippen LogP contribution >= 0.6 is 0 Å². The third kappa shape index (κ3) is 2.74. The summed E-state index contributed by atoms with van der Waals surface area (Å²) in [5, 5.41) is 0. The second-order valence-corrected chi connectivity index (χ2v) is 5.28. The van der Waals surface area contributed by atoms with Crippen molar-refractivity contribution in [2.45, 2.75) is 39.5 Å². The molecule has 17 heavy (non-hydrogen) atoms. The van der Waals surface area contributed by atoms with E-state index in [9.17, 15) is 9.18 Å². The van der Waals surface area contributed by atoms with E-state index in [1.807, 2.05) is 6.92 Å². The second-order valence-electron chi connectivity index (χ2n) is 5.28. The molecule has 2 heteroatoms. The Labute approximate surface area is 102 Å². The van der Waals surface area contributed by atoms with Crippen LogP contribution in [-0.2, 0) is 0 Å². The number of ketones is 1. The van der Waals surface area contributed by atoms with E-state index < -0.39 is 0 Å². The number of aryl methyl sites for hydroxylation is 1. The molecule has 92 valence electrons. The largest absolute Gasteiger partial charge is 0.294 e. The number of carbonyl (C=O) groups is 1. The summed E-state index contributed by atoms with van der Waals surface area (Å²) in [7, 11) is 0. The van der Waals surface area contributed by atoms with Gasteiger partial charge in [0.05, 0.1) is 0 Å². The highest BCUT2D eigenvalue weighted by Gasteiger charge is 2.25. The molecule has 0 heterocycles. The van der Waals surface area contributed by atoms with Gasteiger partial charge >= 0.3 is 0 Å². The molecule has 1 aliphatic carbocycles. The van der Waals surface area contributed by atoms with Gasteiger partial charge in [0.1, 0.15) is 5.82 Å². The summed E-state index contributed by atoms with van der Waals surface area (Å²) in [6.07, 6.45) is 4.24. The number of carbonyl (C=O) groups excluding carboxylic acids is 1. The second kappa shape index (κ2) is 4.99. The summed E-state index contributed by atoms with van der Waals surface area (Å²) in [6, 6.07) is 4.45. The molecule has 1 aromatic carbocycles. The average Bonchev–Trinajstić information content (AvgIpc) is 2.29. The normalized spacial score (nSPS) is 24.6. The first-order valence-electron chi connectivity index (χ1n) is 6.38. The first-order chi connectivity index (χ1) is 8.08. The molecular weight excluding hydrogens is 215 g/mol. The van der Waals surface area contributed by atoms with E-state index in [-0.39, 0.29) is 17.5 Å². The Morgan fingerprint density at radius 2 is 1.88 bits per heavy atom. The summed E-state index contributed by atoms with van der Waals surface area (Å²) in [5.74, 6) is 0.828. The fourth-order valence-electron chi connectivity index (χ4n) is 2.65. The van der Waals surface area contributed by atoms with Crippen LogP contribution in [0.25, 0.3) is 0 Å². The Balaban J connectivity index is 2.14. The van der Waals surface area contributed by atoms with Gasteiger partial charge in [-0.05, 0) is 49.4 Å². The zero-order valence-corrected chi connectivity index (χ0v) is 10.5. The van der Waals surface area contributed by atoms with Gasteiger partial charge in [0.2, 0.25) is 0 Å². The molecular formula is C15H19FO. The summed E-state index contributed by atoms with van der Waals surface area (Å²) in [5.41, 5.74) is 1.46. The molecule has 2 rings (SSSR count). The number of Topliss-reactive ketones (excluding diaryl/α,β-unsaturated/α-hetero) is 1. The van der Waals surface area contributed by atoms with E-state index in [2.05, 4.69) is 6.92 Å². The van der Waals surface area contributed by atoms with Gasteiger partial charge in [-0.2, -0.15) is 0 Å². The van der Waals surface area contributed by atoms with E-state index in [1.54, 1.807) is 6.07 Å². The fourth-order valence-corrected chi connectivity index (χ4v) is 2.65. The van der Waals surface area contributed by atoms with Crippen LogP contribution in [0.4, 0.5) is 4.39 Å². The van der Waals surface area contributed by atoms with Gasteiger partial charge in [0.15, 0.2) is 5.78 Å². The van der Waals surface area contributed by atoms with Crippen LogP contribution in [0, 0.1) is 24.6 Å². The van der Waals surface area contributed by atoms with Crippen molar-refractivity contribution in [1.82, 2.24) is 0 Å². The molecule has 1 aromatic rings. The van der Waals surface area contributed by atoms with Crippen LogP contribution in [0.15, 0.2) is 18.2 Å². The van der Waals surface area contributed by atoms with Crippen molar-refractivity contribution in [3.05, 3.63) is 35.1 Å². The van der Waals surface area contributed by atoms with Crippen molar-refractivity contribution < 1.29 is 9.18 Å². The van der Waals surface area contributed by atoms with Crippen LogP contribution in [0.2, 0.25) is 0 Å². The highest BCUT2D eigenvalue weighted by Crippen LogP contribution is 2.31. The number of hydrogen-bond acceptors (Lipinski definition) is 1. The molecule has 0 N–H and O–H groups in total. The van der Waals surface area contributed by atoms with Crippen molar-refractivity contribution in [1.29, 1.82) is 0 Å². The van der Waals surface area contributed by atoms with Crippen LogP contribution in [0.1, 0.15) is 48.5 Å². The molecule has 0 unspecified atom stereocenters. The van der Waals surface area contributed by atoms with Gasteiger partial charge in [-0.15, -0.1) is 0 Å². The first-order valence-corrected chi connectivity index (χ1v) is 6.38. The predicted molar refractivity (Wildman–Crippen MR) is 66.6 cm³/mol. The zero-order chi connectivity index (χ0) is 12.4. The molecule has 1 fully saturated rings. The van der Waals surface area contributed by atoms with Crippen molar-refractivity contribution in [2.75, 3.05) is 0 Å². The minimum Gasteiger partial charge on any atom is -0.294 e. The van der Waals surface area contributed by atoms with E-state index in [0.29, 0.717) is 5.56 Å². The molecule has 0 aromatic heterocycles. The zero-order valence-electron chi connectivity index (χ0n) is 10.5. The number of halogens is 1. The Morgan fingerprint density at radius 3 is 2.47 bits per heavy atom. The highest BCUT2D eigenvalue weighted by molar-refractivity contribution is 5.99. The summed E-state index contributed by atoms with van der Waals surface area (Å²) >= 11 is 0. The fraction of sp³-hybridized carbons (Fsp3) is 0.533. The number of hydrogen-bond donors (Lipinski definition) is 0. The van der Waals surface area contributed by atoms with Gasteiger partial charge in [0.25, 0.3) is 0 Å². The van der Waals surface area contributed by atoms with Gasteiger partial charge in [0, 0.05) is 11.5 Å². The lowest BCUT2D eigenvalue weighted by molar-refractivity contribution is 0.0875. The molecule has 0 bridgehead atoms. The molecule has 0 aliphatic heterocycles. The van der Waals surface area contributed by atoms with E-state index >= 15 is 0 Å². The Hall–Kier alpha value is -1.18. The van der Waals surface area contributed by atoms with Crippen molar-refractivity contribution in [3.8, 4) is 0 Å². The average molecular weight is 234 g/mol. The third-order valence-corrected chi connectivity index (χ3v) is 3.84. The van der Waals surface area contributed by atoms with Crippen molar-refractivity contribution >= 4 is 5.78 Å². The van der Waals surface area contributed by atoms with Crippen molar-refractivity contribution in [2.24, 2.45) is 11.8 Å². The number of rotatable bonds is 2. The topological polar surface area (TPSA) is 17.1 Å². The van der Waals surface area contributed by atoms with Crippen LogP contribution < -0.4 is 0 Å². The minimum absolute atomic E-state index is 0.148. The predicted octanol–water partition coefficient (Wildman–Crippen LogP) is 4.14. The Kier molecular flexibility index (Phi) is 3.60. The van der Waals surface area contributed by atoms with E-state index in [1.165, 1.54) is 12.1 Å². The molecule has 1 saturated carbocycles. The summed E-state index contributed by atoms with van der Waals surface area (Å²) < 4.78 is 13.0. The molecule has 0 radical (unpaired) electrons. The Bertz CT molecular complexity index is 417. The van der Waals surface area contributed by atoms with Gasteiger partial charge in [-0.3, -0.25) is 4.79 Å². The molecule has 0 amide bonds. The minimum atomic E-state index is -0.267. The van der Waals surface area contributed by atoms with Gasteiger partial charge in [-0.25, -0.2) is 4.39 Å². The quantitative estimate of drug-likeness (QED) is 0.703. The SMILES string of the molecule is Cc1cc(F)ccc1C(=O)C1CCC(C)CC1. The smallest absolute Gasteiger partial charge is 0.166 e. The lowest BCUT2D eigenvalue weighted by Crippen LogP contribution is -2.21. The van der Waals surface area contributed by atoms with E-state index in [0.717, 1.165) is 37.2 Å². The summed E-state index contributed by atoms with van der Waals surface area (Å²) in [6.45, 7) is 4.05. The molecule has 0 atom stereocenters. The van der Waals surface area contributed by atoms with Crippen LogP contribution in [0.3, 0.4) is 0 Å². The van der Waals surface area contributed by atoms with Gasteiger partial charge < -0.3 is 0 Å². The molecule has 0 saturated heterocycles. The lowest BCUT2D eigenvalue weighted by Gasteiger charge is -2.25. The number of benzene rings is 1. The third-order valence-electron chi connectivity index (χ3n) is 3.84. The first kappa shape index (κ1) is 12.3. The Morgan fingerprint density at radius 1 is 1.24 bits per heavy atom. The van der Waals surface area contributed by atoms with Crippen LogP contribution in [0.5, 0.6) is 0 Å². The maximum Gasteiger partial charge on any atom is 0.166 e. The van der Waals surface area contributed by atoms with Crippen molar-refractivity contribution in [3.63, 3.8) is 0 Å². The summed E-state index contributed by atoms with van der Waals surface area (Å²) in [4.78, 5) is 12.3. The standard InChI is InChI=1S/C15H19FO/c1-10-3-5-12(6-4-10)15(17)14-8-7-13(16)9-11(14)2/h7-10,12H,3-6H2,1-2H3. The van der Waals surface area contributed by atoms with Gasteiger partial charge in [-0.1, -0.05) is 19.8 Å². The lowest BCUT2D eigenvalue weighted by atomic mass is 9.79. The monoisotopic (exact) mass is 234 g/mol.